The maximum Gasteiger partial charge on any atom is 0.341 e. The summed E-state index contributed by atoms with van der Waals surface area (Å²) in [4.78, 5) is 26.0. The van der Waals surface area contributed by atoms with Gasteiger partial charge in [0.1, 0.15) is 16.6 Å². The molecule has 0 saturated heterocycles. The molecule has 0 unspecified atom stereocenters. The summed E-state index contributed by atoms with van der Waals surface area (Å²) < 4.78 is 12.9. The predicted molar refractivity (Wildman–Crippen MR) is 145 cm³/mol. The molecule has 1 N–H and O–H groups in total. The zero-order chi connectivity index (χ0) is 26.2. The van der Waals surface area contributed by atoms with Gasteiger partial charge >= 0.3 is 5.97 Å². The smallest absolute Gasteiger partial charge is 0.341 e. The molecule has 0 fully saturated rings. The van der Waals surface area contributed by atoms with E-state index < -0.39 is 5.97 Å². The number of hydrogen-bond donors (Lipinski definition) is 1. The topological polar surface area (TPSA) is 95.3 Å². The Hall–Kier alpha value is -2.27. The number of carbonyl (C=O) groups excluding carboxylic acids is 2. The molecule has 2 heterocycles. The molecule has 0 bridgehead atoms. The number of aromatic nitrogens is 3. The van der Waals surface area contributed by atoms with Crippen molar-refractivity contribution in [1.82, 2.24) is 14.8 Å². The Balaban J connectivity index is 1.54. The molecule has 2 aromatic heterocycles. The van der Waals surface area contributed by atoms with Crippen molar-refractivity contribution in [3.05, 3.63) is 50.1 Å². The largest absolute Gasteiger partial charge is 0.492 e. The van der Waals surface area contributed by atoms with Crippen LogP contribution in [-0.4, -0.2) is 45.6 Å². The normalized spacial score (nSPS) is 10.9. The Morgan fingerprint density at radius 3 is 2.67 bits per heavy atom. The van der Waals surface area contributed by atoms with Crippen molar-refractivity contribution in [2.24, 2.45) is 0 Å². The number of nitrogens with one attached hydrogen (secondary N) is 1. The lowest BCUT2D eigenvalue weighted by Crippen LogP contribution is -2.17. The highest BCUT2D eigenvalue weighted by molar-refractivity contribution is 7.99. The van der Waals surface area contributed by atoms with E-state index in [1.165, 1.54) is 23.1 Å². The third kappa shape index (κ3) is 7.15. The van der Waals surface area contributed by atoms with Gasteiger partial charge in [0.15, 0.2) is 5.16 Å². The summed E-state index contributed by atoms with van der Waals surface area (Å²) in [5.41, 5.74) is 1.23. The van der Waals surface area contributed by atoms with E-state index in [4.69, 9.17) is 32.7 Å². The third-order valence-electron chi connectivity index (χ3n) is 5.26. The third-order valence-corrected chi connectivity index (χ3v) is 7.88. The van der Waals surface area contributed by atoms with Crippen LogP contribution >= 0.6 is 46.3 Å². The minimum atomic E-state index is -0.431. The van der Waals surface area contributed by atoms with Crippen LogP contribution < -0.4 is 10.1 Å². The van der Waals surface area contributed by atoms with Crippen molar-refractivity contribution in [2.75, 3.05) is 24.3 Å². The molecule has 36 heavy (non-hydrogen) atoms. The highest BCUT2D eigenvalue weighted by Gasteiger charge is 2.22. The van der Waals surface area contributed by atoms with Crippen LogP contribution in [-0.2, 0) is 22.5 Å². The molecular weight excluding hydrogens is 543 g/mol. The number of hydrogen-bond acceptors (Lipinski definition) is 8. The van der Waals surface area contributed by atoms with Crippen LogP contribution in [0.3, 0.4) is 0 Å². The number of anilines is 1. The number of rotatable bonds is 12. The number of nitrogens with zero attached hydrogens (tertiary/aromatic N) is 3. The second-order valence-electron chi connectivity index (χ2n) is 7.71. The molecule has 8 nitrogen and oxygen atoms in total. The minimum Gasteiger partial charge on any atom is -0.492 e. The fourth-order valence-corrected chi connectivity index (χ4v) is 5.74. The van der Waals surface area contributed by atoms with Crippen LogP contribution in [0.5, 0.6) is 5.75 Å². The molecule has 0 atom stereocenters. The molecule has 0 aliphatic heterocycles. The maximum atomic E-state index is 12.7. The predicted octanol–water partition coefficient (Wildman–Crippen LogP) is 6.20. The number of thiophene rings is 1. The van der Waals surface area contributed by atoms with Gasteiger partial charge in [0.25, 0.3) is 0 Å². The van der Waals surface area contributed by atoms with Crippen molar-refractivity contribution < 1.29 is 19.1 Å². The SMILES string of the molecule is CCOC(=O)c1c(NC(=O)CSc2nnc(CCCOc3ccc(Cl)cc3Cl)n2CC)sc(C)c1C. The number of carbonyl (C=O) groups is 2. The van der Waals surface area contributed by atoms with Crippen LogP contribution in [0.15, 0.2) is 23.4 Å². The van der Waals surface area contributed by atoms with E-state index in [2.05, 4.69) is 15.5 Å². The summed E-state index contributed by atoms with van der Waals surface area (Å²) in [7, 11) is 0. The highest BCUT2D eigenvalue weighted by atomic mass is 35.5. The van der Waals surface area contributed by atoms with E-state index in [1.54, 1.807) is 25.1 Å². The fourth-order valence-electron chi connectivity index (χ4n) is 3.39. The molecule has 1 amide bonds. The van der Waals surface area contributed by atoms with Crippen LogP contribution in [0.2, 0.25) is 10.0 Å². The molecule has 3 rings (SSSR count). The molecular formula is C24H28Cl2N4O4S2. The second kappa shape index (κ2) is 13.3. The van der Waals surface area contributed by atoms with Gasteiger partial charge < -0.3 is 19.4 Å². The van der Waals surface area contributed by atoms with E-state index in [0.717, 1.165) is 22.7 Å². The molecule has 12 heteroatoms. The van der Waals surface area contributed by atoms with E-state index in [1.807, 2.05) is 25.3 Å². The first-order chi connectivity index (χ1) is 17.2. The minimum absolute atomic E-state index is 0.134. The highest BCUT2D eigenvalue weighted by Crippen LogP contribution is 2.33. The summed E-state index contributed by atoms with van der Waals surface area (Å²) in [6.45, 7) is 8.92. The fraction of sp³-hybridized carbons (Fsp3) is 0.417. The van der Waals surface area contributed by atoms with Gasteiger partial charge in [-0.3, -0.25) is 4.79 Å². The van der Waals surface area contributed by atoms with Crippen molar-refractivity contribution >= 4 is 63.2 Å². The molecule has 0 aliphatic carbocycles. The number of esters is 1. The van der Waals surface area contributed by atoms with E-state index >= 15 is 0 Å². The molecule has 0 spiro atoms. The molecule has 3 aromatic rings. The van der Waals surface area contributed by atoms with Crippen LogP contribution in [0.1, 0.15) is 46.9 Å². The Labute approximate surface area is 228 Å². The van der Waals surface area contributed by atoms with Gasteiger partial charge in [0.05, 0.1) is 29.6 Å². The summed E-state index contributed by atoms with van der Waals surface area (Å²) in [5, 5.41) is 13.6. The molecule has 1 aromatic carbocycles. The molecule has 0 aliphatic rings. The van der Waals surface area contributed by atoms with E-state index in [0.29, 0.717) is 51.1 Å². The average Bonchev–Trinajstić information content (AvgIpc) is 3.35. The number of aryl methyl sites for hydroxylation is 2. The lowest BCUT2D eigenvalue weighted by atomic mass is 10.1. The molecule has 194 valence electrons. The van der Waals surface area contributed by atoms with Gasteiger partial charge in [0, 0.05) is 22.9 Å². The Morgan fingerprint density at radius 2 is 1.97 bits per heavy atom. The Kier molecular flexibility index (Phi) is 10.5. The zero-order valence-corrected chi connectivity index (χ0v) is 23.7. The number of ether oxygens (including phenoxy) is 2. The molecule has 0 saturated carbocycles. The number of halogens is 2. The Bertz CT molecular complexity index is 1230. The quantitative estimate of drug-likeness (QED) is 0.157. The van der Waals surface area contributed by atoms with Crippen LogP contribution in [0.25, 0.3) is 0 Å². The Morgan fingerprint density at radius 1 is 1.19 bits per heavy atom. The van der Waals surface area contributed by atoms with Gasteiger partial charge in [0.2, 0.25) is 5.91 Å². The number of thioether (sulfide) groups is 1. The van der Waals surface area contributed by atoms with Gasteiger partial charge in [-0.2, -0.15) is 0 Å². The summed E-state index contributed by atoms with van der Waals surface area (Å²) in [6.07, 6.45) is 1.38. The van der Waals surface area contributed by atoms with Gasteiger partial charge in [-0.15, -0.1) is 21.5 Å². The molecule has 0 radical (unpaired) electrons. The van der Waals surface area contributed by atoms with E-state index in [9.17, 15) is 9.59 Å². The van der Waals surface area contributed by atoms with Crippen molar-refractivity contribution in [1.29, 1.82) is 0 Å². The number of benzene rings is 1. The first kappa shape index (κ1) is 28.3. The lowest BCUT2D eigenvalue weighted by Gasteiger charge is -2.10. The van der Waals surface area contributed by atoms with Crippen molar-refractivity contribution in [3.63, 3.8) is 0 Å². The van der Waals surface area contributed by atoms with Crippen LogP contribution in [0, 0.1) is 13.8 Å². The van der Waals surface area contributed by atoms with E-state index in [-0.39, 0.29) is 18.3 Å². The summed E-state index contributed by atoms with van der Waals surface area (Å²) in [5.74, 6) is 0.879. The monoisotopic (exact) mass is 570 g/mol. The van der Waals surface area contributed by atoms with Crippen molar-refractivity contribution in [3.8, 4) is 5.75 Å². The van der Waals surface area contributed by atoms with Crippen molar-refractivity contribution in [2.45, 2.75) is 52.2 Å². The zero-order valence-electron chi connectivity index (χ0n) is 20.5. The average molecular weight is 572 g/mol. The van der Waals surface area contributed by atoms with Gasteiger partial charge in [-0.25, -0.2) is 4.79 Å². The van der Waals surface area contributed by atoms with Gasteiger partial charge in [-0.05, 0) is 57.9 Å². The maximum absolute atomic E-state index is 12.7. The summed E-state index contributed by atoms with van der Waals surface area (Å²) >= 11 is 14.7. The van der Waals surface area contributed by atoms with Crippen LogP contribution in [0.4, 0.5) is 5.00 Å². The number of amides is 1. The second-order valence-corrected chi connectivity index (χ2v) is 10.7. The summed E-state index contributed by atoms with van der Waals surface area (Å²) in [6, 6.07) is 5.12. The van der Waals surface area contributed by atoms with Gasteiger partial charge in [-0.1, -0.05) is 35.0 Å². The first-order valence-corrected chi connectivity index (χ1v) is 14.0. The lowest BCUT2D eigenvalue weighted by molar-refractivity contribution is -0.113. The standard InChI is InChI=1S/C24H28Cl2N4O4S2/c1-5-30-19(8-7-11-34-18-10-9-16(25)12-17(18)26)28-29-24(30)35-13-20(31)27-22-21(23(32)33-6-2)14(3)15(4)36-22/h9-10,12H,5-8,11,13H2,1-4H3,(H,27,31). The first-order valence-electron chi connectivity index (χ1n) is 11.4.